The number of likely N-dealkylation sites (tertiary alicyclic amines) is 1. The monoisotopic (exact) mass is 433 g/mol. The number of amides is 3. The Bertz CT molecular complexity index is 907. The van der Waals surface area contributed by atoms with E-state index in [2.05, 4.69) is 5.32 Å². The fourth-order valence-electron chi connectivity index (χ4n) is 3.46. The predicted octanol–water partition coefficient (Wildman–Crippen LogP) is 2.89. The average Bonchev–Trinajstić information content (AvgIpc) is 3.28. The summed E-state index contributed by atoms with van der Waals surface area (Å²) in [5.74, 6) is -0.0938. The summed E-state index contributed by atoms with van der Waals surface area (Å²) in [7, 11) is 3.09. The van der Waals surface area contributed by atoms with E-state index < -0.39 is 0 Å². The van der Waals surface area contributed by atoms with Crippen LogP contribution in [-0.4, -0.2) is 61.3 Å². The lowest BCUT2D eigenvalue weighted by Crippen LogP contribution is -2.45. The molecular weight excluding hydrogens is 410 g/mol. The van der Waals surface area contributed by atoms with Gasteiger partial charge in [-0.1, -0.05) is 11.6 Å². The highest BCUT2D eigenvalue weighted by atomic mass is 35.5. The summed E-state index contributed by atoms with van der Waals surface area (Å²) >= 11 is 5.98. The van der Waals surface area contributed by atoms with Gasteiger partial charge in [-0.05, 0) is 43.2 Å². The Morgan fingerprint density at radius 1 is 1.27 bits per heavy atom. The summed E-state index contributed by atoms with van der Waals surface area (Å²) < 4.78 is 10.4. The predicted molar refractivity (Wildman–Crippen MR) is 112 cm³/mol. The molecule has 8 nitrogen and oxygen atoms in total. The highest BCUT2D eigenvalue weighted by Crippen LogP contribution is 2.27. The van der Waals surface area contributed by atoms with Crippen molar-refractivity contribution >= 4 is 35.0 Å². The van der Waals surface area contributed by atoms with Gasteiger partial charge in [0.15, 0.2) is 5.76 Å². The maximum atomic E-state index is 12.7. The summed E-state index contributed by atoms with van der Waals surface area (Å²) in [6.45, 7) is 0.839. The van der Waals surface area contributed by atoms with E-state index in [-0.39, 0.29) is 30.2 Å². The fraction of sp³-hybridized carbons (Fsp3) is 0.381. The zero-order chi connectivity index (χ0) is 21.7. The second-order valence-corrected chi connectivity index (χ2v) is 7.57. The number of carbonyl (C=O) groups excluding carboxylic acids is 3. The number of furan rings is 1. The number of anilines is 1. The Morgan fingerprint density at radius 2 is 2.00 bits per heavy atom. The highest BCUT2D eigenvalue weighted by Gasteiger charge is 2.30. The smallest absolute Gasteiger partial charge is 0.289 e. The second kappa shape index (κ2) is 9.67. The SMILES string of the molecule is COc1ccc(Cl)cc1NC(=O)CN(C)C(=O)C1CCN(C(=O)c2ccco2)CC1. The van der Waals surface area contributed by atoms with Crippen LogP contribution in [0.4, 0.5) is 5.69 Å². The molecule has 1 N–H and O–H groups in total. The molecule has 9 heteroatoms. The number of likely N-dealkylation sites (N-methyl/N-ethyl adjacent to an activating group) is 1. The zero-order valence-electron chi connectivity index (χ0n) is 16.9. The van der Waals surface area contributed by atoms with Gasteiger partial charge >= 0.3 is 0 Å². The van der Waals surface area contributed by atoms with Crippen molar-refractivity contribution in [2.24, 2.45) is 5.92 Å². The number of benzene rings is 1. The first-order valence-corrected chi connectivity index (χ1v) is 9.98. The summed E-state index contributed by atoms with van der Waals surface area (Å²) in [4.78, 5) is 40.6. The maximum absolute atomic E-state index is 12.7. The number of rotatable bonds is 6. The number of carbonyl (C=O) groups is 3. The van der Waals surface area contributed by atoms with Gasteiger partial charge in [0.25, 0.3) is 5.91 Å². The molecule has 0 spiro atoms. The third-order valence-corrected chi connectivity index (χ3v) is 5.29. The number of ether oxygens (including phenoxy) is 1. The van der Waals surface area contributed by atoms with Crippen LogP contribution in [0.25, 0.3) is 0 Å². The van der Waals surface area contributed by atoms with Crippen molar-refractivity contribution in [1.82, 2.24) is 9.80 Å². The van der Waals surface area contributed by atoms with Gasteiger partial charge in [-0.15, -0.1) is 0 Å². The van der Waals surface area contributed by atoms with Crippen LogP contribution in [0.2, 0.25) is 5.02 Å². The molecule has 3 rings (SSSR count). The lowest BCUT2D eigenvalue weighted by Gasteiger charge is -2.32. The maximum Gasteiger partial charge on any atom is 0.289 e. The summed E-state index contributed by atoms with van der Waals surface area (Å²) in [6, 6.07) is 8.20. The minimum atomic E-state index is -0.350. The van der Waals surface area contributed by atoms with Crippen molar-refractivity contribution in [3.05, 3.63) is 47.4 Å². The Hall–Kier alpha value is -3.00. The van der Waals surface area contributed by atoms with E-state index in [9.17, 15) is 14.4 Å². The van der Waals surface area contributed by atoms with Gasteiger partial charge in [-0.25, -0.2) is 0 Å². The lowest BCUT2D eigenvalue weighted by atomic mass is 9.95. The molecule has 1 aromatic carbocycles. The van der Waals surface area contributed by atoms with Crippen molar-refractivity contribution < 1.29 is 23.5 Å². The quantitative estimate of drug-likeness (QED) is 0.756. The van der Waals surface area contributed by atoms with Crippen molar-refractivity contribution in [2.45, 2.75) is 12.8 Å². The third kappa shape index (κ3) is 5.13. The molecule has 160 valence electrons. The molecule has 2 heterocycles. The number of hydrogen-bond donors (Lipinski definition) is 1. The molecule has 30 heavy (non-hydrogen) atoms. The molecule has 0 aliphatic carbocycles. The Morgan fingerprint density at radius 3 is 2.63 bits per heavy atom. The van der Waals surface area contributed by atoms with Gasteiger partial charge in [0.2, 0.25) is 11.8 Å². The minimum absolute atomic E-state index is 0.0972. The minimum Gasteiger partial charge on any atom is -0.495 e. The molecule has 1 aromatic heterocycles. The number of hydrogen-bond acceptors (Lipinski definition) is 5. The van der Waals surface area contributed by atoms with Crippen molar-refractivity contribution in [1.29, 1.82) is 0 Å². The molecule has 3 amide bonds. The lowest BCUT2D eigenvalue weighted by molar-refractivity contribution is -0.138. The van der Waals surface area contributed by atoms with Crippen LogP contribution >= 0.6 is 11.6 Å². The third-order valence-electron chi connectivity index (χ3n) is 5.06. The first kappa shape index (κ1) is 21.7. The Kier molecular flexibility index (Phi) is 6.99. The molecule has 0 radical (unpaired) electrons. The molecule has 1 aliphatic rings. The molecule has 0 atom stereocenters. The fourth-order valence-corrected chi connectivity index (χ4v) is 3.63. The van der Waals surface area contributed by atoms with E-state index >= 15 is 0 Å². The number of nitrogens with one attached hydrogen (secondary N) is 1. The Balaban J connectivity index is 1.51. The number of methoxy groups -OCH3 is 1. The van der Waals surface area contributed by atoms with Crippen LogP contribution in [0.15, 0.2) is 41.0 Å². The topological polar surface area (TPSA) is 92.1 Å². The van der Waals surface area contributed by atoms with E-state index in [1.165, 1.54) is 18.3 Å². The first-order valence-electron chi connectivity index (χ1n) is 9.60. The van der Waals surface area contributed by atoms with Crippen LogP contribution < -0.4 is 10.1 Å². The van der Waals surface area contributed by atoms with Gasteiger partial charge in [0.05, 0.1) is 25.6 Å². The van der Waals surface area contributed by atoms with Gasteiger partial charge in [0, 0.05) is 31.1 Å². The number of halogens is 1. The largest absolute Gasteiger partial charge is 0.495 e. The van der Waals surface area contributed by atoms with Crippen LogP contribution in [0, 0.1) is 5.92 Å². The van der Waals surface area contributed by atoms with Gasteiger partial charge in [-0.2, -0.15) is 0 Å². The molecule has 1 saturated heterocycles. The average molecular weight is 434 g/mol. The molecule has 0 bridgehead atoms. The number of nitrogens with zero attached hydrogens (tertiary/aromatic N) is 2. The summed E-state index contributed by atoms with van der Waals surface area (Å²) in [5, 5.41) is 3.19. The Labute approximate surface area is 179 Å². The van der Waals surface area contributed by atoms with Crippen molar-refractivity contribution in [2.75, 3.05) is 39.1 Å². The first-order chi connectivity index (χ1) is 14.4. The van der Waals surface area contributed by atoms with Crippen LogP contribution in [0.5, 0.6) is 5.75 Å². The van der Waals surface area contributed by atoms with Gasteiger partial charge in [0.1, 0.15) is 5.75 Å². The van der Waals surface area contributed by atoms with E-state index in [1.54, 1.807) is 42.3 Å². The molecule has 2 aromatic rings. The summed E-state index contributed by atoms with van der Waals surface area (Å²) in [5.41, 5.74) is 0.445. The van der Waals surface area contributed by atoms with Crippen LogP contribution in [0.3, 0.4) is 0 Å². The van der Waals surface area contributed by atoms with E-state index in [0.29, 0.717) is 48.2 Å². The highest BCUT2D eigenvalue weighted by molar-refractivity contribution is 6.31. The van der Waals surface area contributed by atoms with Gasteiger partial charge < -0.3 is 24.3 Å². The second-order valence-electron chi connectivity index (χ2n) is 7.13. The van der Waals surface area contributed by atoms with Crippen molar-refractivity contribution in [3.8, 4) is 5.75 Å². The molecule has 0 unspecified atom stereocenters. The normalized spacial score (nSPS) is 14.3. The molecule has 1 fully saturated rings. The van der Waals surface area contributed by atoms with E-state index in [4.69, 9.17) is 20.8 Å². The zero-order valence-corrected chi connectivity index (χ0v) is 17.6. The standard InChI is InChI=1S/C21H24ClN3O5/c1-24(13-19(26)23-16-12-15(22)5-6-17(16)29-2)20(27)14-7-9-25(10-8-14)21(28)18-4-3-11-30-18/h3-6,11-12,14H,7-10,13H2,1-2H3,(H,23,26). The molecular formula is C21H24ClN3O5. The van der Waals surface area contributed by atoms with Crippen LogP contribution in [-0.2, 0) is 9.59 Å². The van der Waals surface area contributed by atoms with E-state index in [0.717, 1.165) is 0 Å². The van der Waals surface area contributed by atoms with Crippen LogP contribution in [0.1, 0.15) is 23.4 Å². The molecule has 0 saturated carbocycles. The molecule has 1 aliphatic heterocycles. The van der Waals surface area contributed by atoms with Gasteiger partial charge in [-0.3, -0.25) is 14.4 Å². The van der Waals surface area contributed by atoms with Crippen molar-refractivity contribution in [3.63, 3.8) is 0 Å². The number of piperidine rings is 1. The summed E-state index contributed by atoms with van der Waals surface area (Å²) in [6.07, 6.45) is 2.54. The van der Waals surface area contributed by atoms with E-state index in [1.807, 2.05) is 0 Å².